The van der Waals surface area contributed by atoms with E-state index in [0.717, 1.165) is 5.69 Å². The molecule has 3 rings (SSSR count). The highest BCUT2D eigenvalue weighted by Gasteiger charge is 2.21. The number of rotatable bonds is 10. The highest BCUT2D eigenvalue weighted by Crippen LogP contribution is 2.21. The molecule has 0 aliphatic carbocycles. The zero-order chi connectivity index (χ0) is 24.1. The minimum atomic E-state index is -1.28. The summed E-state index contributed by atoms with van der Waals surface area (Å²) in [5, 5.41) is 20.3. The van der Waals surface area contributed by atoms with Gasteiger partial charge in [0.15, 0.2) is 5.82 Å². The van der Waals surface area contributed by atoms with Crippen LogP contribution < -0.4 is 21.7 Å². The summed E-state index contributed by atoms with van der Waals surface area (Å²) in [6.45, 7) is 1.22. The molecule has 2 heterocycles. The fourth-order valence-corrected chi connectivity index (χ4v) is 3.36. The molecule has 1 atom stereocenters. The number of carboxylic acid groups (broad SMARTS) is 2. The van der Waals surface area contributed by atoms with Crippen LogP contribution in [0, 0.1) is 0 Å². The van der Waals surface area contributed by atoms with Gasteiger partial charge in [0.1, 0.15) is 11.6 Å². The molecular formula is C21H25N7O5. The van der Waals surface area contributed by atoms with Crippen molar-refractivity contribution in [3.8, 4) is 0 Å². The van der Waals surface area contributed by atoms with Gasteiger partial charge in [0.05, 0.1) is 5.52 Å². The van der Waals surface area contributed by atoms with Crippen LogP contribution in [0.15, 0.2) is 36.5 Å². The molecule has 0 unspecified atom stereocenters. The number of aliphatic carboxylic acids is 2. The van der Waals surface area contributed by atoms with Crippen LogP contribution in [0.25, 0.3) is 11.0 Å². The smallest absolute Gasteiger partial charge is 0.326 e. The Bertz CT molecular complexity index is 1180. The van der Waals surface area contributed by atoms with E-state index < -0.39 is 23.9 Å². The lowest BCUT2D eigenvalue weighted by Gasteiger charge is -2.20. The number of benzene rings is 1. The molecule has 12 nitrogen and oxygen atoms in total. The summed E-state index contributed by atoms with van der Waals surface area (Å²) >= 11 is 0. The number of carbonyl (C=O) groups excluding carboxylic acids is 1. The molecule has 0 spiro atoms. The average molecular weight is 455 g/mol. The van der Waals surface area contributed by atoms with Crippen molar-refractivity contribution >= 4 is 46.3 Å². The summed E-state index contributed by atoms with van der Waals surface area (Å²) < 4.78 is 1.94. The fourth-order valence-electron chi connectivity index (χ4n) is 3.36. The summed E-state index contributed by atoms with van der Waals surface area (Å²) in [5.41, 5.74) is 14.1. The predicted octanol–water partition coefficient (Wildman–Crippen LogP) is 0.780. The van der Waals surface area contributed by atoms with E-state index in [1.54, 1.807) is 24.3 Å². The first-order valence-electron chi connectivity index (χ1n) is 10.1. The Kier molecular flexibility index (Phi) is 6.96. The zero-order valence-electron chi connectivity index (χ0n) is 17.9. The van der Waals surface area contributed by atoms with E-state index in [4.69, 9.17) is 16.6 Å². The molecule has 7 N–H and O–H groups in total. The number of carbonyl (C=O) groups is 3. The van der Waals surface area contributed by atoms with Crippen molar-refractivity contribution in [2.75, 3.05) is 30.0 Å². The van der Waals surface area contributed by atoms with Crippen molar-refractivity contribution < 1.29 is 24.6 Å². The molecule has 0 radical (unpaired) electrons. The highest BCUT2D eigenvalue weighted by atomic mass is 16.4. The Hall–Kier alpha value is -4.35. The lowest BCUT2D eigenvalue weighted by Crippen LogP contribution is -2.41. The van der Waals surface area contributed by atoms with Gasteiger partial charge in [-0.3, -0.25) is 9.59 Å². The third-order valence-corrected chi connectivity index (χ3v) is 5.15. The third kappa shape index (κ3) is 5.67. The molecule has 12 heteroatoms. The molecule has 1 aromatic carbocycles. The number of hydrogen-bond donors (Lipinski definition) is 5. The molecule has 3 aromatic rings. The molecule has 0 fully saturated rings. The van der Waals surface area contributed by atoms with E-state index in [1.165, 1.54) is 0 Å². The Morgan fingerprint density at radius 3 is 2.45 bits per heavy atom. The van der Waals surface area contributed by atoms with Crippen molar-refractivity contribution in [3.63, 3.8) is 0 Å². The molecule has 0 saturated heterocycles. The van der Waals surface area contributed by atoms with Gasteiger partial charge in [-0.05, 0) is 36.8 Å². The molecule has 0 bridgehead atoms. The minimum absolute atomic E-state index is 0.121. The van der Waals surface area contributed by atoms with Gasteiger partial charge in [0.2, 0.25) is 5.95 Å². The predicted molar refractivity (Wildman–Crippen MR) is 122 cm³/mol. The fraction of sp³-hybridized carbons (Fsp3) is 0.286. The molecule has 174 valence electrons. The van der Waals surface area contributed by atoms with Crippen molar-refractivity contribution in [3.05, 3.63) is 42.1 Å². The lowest BCUT2D eigenvalue weighted by atomic mass is 10.1. The summed E-state index contributed by atoms with van der Waals surface area (Å²) in [7, 11) is 1.89. The van der Waals surface area contributed by atoms with Crippen LogP contribution in [0.2, 0.25) is 0 Å². The number of fused-ring (bicyclic) bond motifs is 1. The number of anilines is 3. The molecule has 33 heavy (non-hydrogen) atoms. The van der Waals surface area contributed by atoms with Gasteiger partial charge in [0.25, 0.3) is 5.91 Å². The van der Waals surface area contributed by atoms with Crippen molar-refractivity contribution in [1.29, 1.82) is 0 Å². The molecule has 0 saturated carbocycles. The van der Waals surface area contributed by atoms with E-state index in [2.05, 4.69) is 15.3 Å². The number of hydrogen-bond acceptors (Lipinski definition) is 8. The topological polar surface area (TPSA) is 190 Å². The van der Waals surface area contributed by atoms with Crippen molar-refractivity contribution in [2.45, 2.75) is 25.4 Å². The number of likely N-dealkylation sites (N-methyl/N-ethyl adjacent to an activating group) is 1. The first-order chi connectivity index (χ1) is 15.7. The normalized spacial score (nSPS) is 11.8. The molecule has 1 amide bonds. The maximum absolute atomic E-state index is 12.4. The Morgan fingerprint density at radius 1 is 1.12 bits per heavy atom. The maximum atomic E-state index is 12.4. The number of amides is 1. The van der Waals surface area contributed by atoms with Gasteiger partial charge in [-0.15, -0.1) is 0 Å². The van der Waals surface area contributed by atoms with Crippen LogP contribution in [0.1, 0.15) is 23.2 Å². The number of nitrogens with zero attached hydrogens (tertiary/aromatic N) is 4. The van der Waals surface area contributed by atoms with Crippen LogP contribution in [0.4, 0.5) is 17.5 Å². The summed E-state index contributed by atoms with van der Waals surface area (Å²) in [6, 6.07) is 7.19. The van der Waals surface area contributed by atoms with E-state index in [1.807, 2.05) is 28.8 Å². The maximum Gasteiger partial charge on any atom is 0.326 e. The van der Waals surface area contributed by atoms with E-state index in [9.17, 15) is 19.5 Å². The van der Waals surface area contributed by atoms with Crippen LogP contribution in [0.3, 0.4) is 0 Å². The Labute approximate surface area is 188 Å². The number of nitrogens with two attached hydrogens (primary N) is 2. The van der Waals surface area contributed by atoms with Crippen LogP contribution in [0.5, 0.6) is 0 Å². The molecular weight excluding hydrogens is 430 g/mol. The van der Waals surface area contributed by atoms with Gasteiger partial charge in [0, 0.05) is 44.0 Å². The summed E-state index contributed by atoms with van der Waals surface area (Å²) in [4.78, 5) is 44.5. The van der Waals surface area contributed by atoms with Crippen molar-refractivity contribution in [2.24, 2.45) is 0 Å². The van der Waals surface area contributed by atoms with Gasteiger partial charge in [-0.25, -0.2) is 9.78 Å². The van der Waals surface area contributed by atoms with Crippen LogP contribution in [-0.2, 0) is 16.1 Å². The summed E-state index contributed by atoms with van der Waals surface area (Å²) in [5.74, 6) is -2.57. The van der Waals surface area contributed by atoms with Crippen LogP contribution in [-0.4, -0.2) is 62.2 Å². The molecule has 0 aliphatic heterocycles. The van der Waals surface area contributed by atoms with Crippen LogP contribution >= 0.6 is 0 Å². The van der Waals surface area contributed by atoms with E-state index in [0.29, 0.717) is 29.9 Å². The SMILES string of the molecule is CN(CCn1ccc2nc(N)nc(N)c21)c1ccc(C(=O)N[C@@H](CCC(=O)O)C(=O)O)cc1. The molecule has 2 aromatic heterocycles. The first kappa shape index (κ1) is 23.3. The second kappa shape index (κ2) is 9.85. The molecule has 0 aliphatic rings. The Morgan fingerprint density at radius 2 is 1.82 bits per heavy atom. The second-order valence-corrected chi connectivity index (χ2v) is 7.48. The average Bonchev–Trinajstić information content (AvgIpc) is 3.17. The van der Waals surface area contributed by atoms with E-state index in [-0.39, 0.29) is 24.4 Å². The number of carboxylic acids is 2. The summed E-state index contributed by atoms with van der Waals surface area (Å²) in [6.07, 6.45) is 1.30. The van der Waals surface area contributed by atoms with Gasteiger partial charge >= 0.3 is 11.9 Å². The lowest BCUT2D eigenvalue weighted by molar-refractivity contribution is -0.140. The van der Waals surface area contributed by atoms with E-state index >= 15 is 0 Å². The third-order valence-electron chi connectivity index (χ3n) is 5.15. The zero-order valence-corrected chi connectivity index (χ0v) is 17.9. The monoisotopic (exact) mass is 455 g/mol. The second-order valence-electron chi connectivity index (χ2n) is 7.48. The standard InChI is InChI=1S/C21H25N7O5/c1-27(10-11-28-9-8-14-17(28)18(22)26-21(23)25-14)13-4-2-12(3-5-13)19(31)24-15(20(32)33)6-7-16(29)30/h2-5,8-9,15H,6-7,10-11H2,1H3,(H,24,31)(H,29,30)(H,32,33)(H4,22,23,25,26)/t15-/m0/s1. The number of nitrogens with one attached hydrogen (secondary N) is 1. The Balaban J connectivity index is 1.62. The van der Waals surface area contributed by atoms with Gasteiger partial charge in [-0.2, -0.15) is 4.98 Å². The van der Waals surface area contributed by atoms with Crippen molar-refractivity contribution in [1.82, 2.24) is 19.9 Å². The first-order valence-corrected chi connectivity index (χ1v) is 10.1. The quantitative estimate of drug-likeness (QED) is 0.292. The number of aromatic nitrogens is 3. The highest BCUT2D eigenvalue weighted by molar-refractivity contribution is 5.97. The largest absolute Gasteiger partial charge is 0.481 e. The number of nitrogen functional groups attached to an aromatic ring is 2. The minimum Gasteiger partial charge on any atom is -0.481 e. The van der Waals surface area contributed by atoms with Gasteiger partial charge in [-0.1, -0.05) is 0 Å². The van der Waals surface area contributed by atoms with Gasteiger partial charge < -0.3 is 36.5 Å².